The Kier molecular flexibility index (Phi) is 5.33. The van der Waals surface area contributed by atoms with E-state index >= 15 is 0 Å². The Morgan fingerprint density at radius 3 is 2.67 bits per heavy atom. The normalized spacial score (nSPS) is 26.0. The zero-order chi connectivity index (χ0) is 15.6. The second kappa shape index (κ2) is 6.67. The third-order valence-electron chi connectivity index (χ3n) is 4.47. The maximum absolute atomic E-state index is 12.6. The van der Waals surface area contributed by atoms with E-state index in [1.807, 2.05) is 0 Å². The molecule has 1 fully saturated rings. The fourth-order valence-corrected chi connectivity index (χ4v) is 5.18. The molecule has 4 nitrogen and oxygen atoms in total. The zero-order valence-corrected chi connectivity index (χ0v) is 15.0. The van der Waals surface area contributed by atoms with Crippen LogP contribution in [0.5, 0.6) is 5.75 Å². The van der Waals surface area contributed by atoms with E-state index in [0.717, 1.165) is 23.7 Å². The summed E-state index contributed by atoms with van der Waals surface area (Å²) >= 11 is 3.32. The molecule has 0 saturated heterocycles. The molecule has 1 saturated carbocycles. The molecule has 118 valence electrons. The molecule has 2 rings (SSSR count). The molecular formula is C15H22BrNO3S. The van der Waals surface area contributed by atoms with Crippen LogP contribution in [0.25, 0.3) is 0 Å². The number of rotatable bonds is 5. The lowest BCUT2D eigenvalue weighted by molar-refractivity contribution is 0.367. The third kappa shape index (κ3) is 3.60. The molecule has 1 aromatic rings. The van der Waals surface area contributed by atoms with E-state index in [0.29, 0.717) is 17.6 Å². The Hall–Kier alpha value is -0.590. The molecule has 0 aliphatic heterocycles. The summed E-state index contributed by atoms with van der Waals surface area (Å²) in [7, 11) is -2.10. The van der Waals surface area contributed by atoms with Gasteiger partial charge in [0.1, 0.15) is 10.6 Å². The van der Waals surface area contributed by atoms with Crippen LogP contribution in [-0.4, -0.2) is 21.6 Å². The van der Waals surface area contributed by atoms with Crippen molar-refractivity contribution in [1.29, 1.82) is 0 Å². The predicted octanol–water partition coefficient (Wildman–Crippen LogP) is 3.56. The molecule has 0 aromatic heterocycles. The van der Waals surface area contributed by atoms with Crippen molar-refractivity contribution in [2.45, 2.75) is 44.0 Å². The first-order valence-corrected chi connectivity index (χ1v) is 9.52. The van der Waals surface area contributed by atoms with Crippen molar-refractivity contribution in [2.24, 2.45) is 11.8 Å². The number of hydrogen-bond donors (Lipinski definition) is 1. The van der Waals surface area contributed by atoms with Crippen LogP contribution in [0.15, 0.2) is 27.6 Å². The van der Waals surface area contributed by atoms with Gasteiger partial charge in [0, 0.05) is 10.5 Å². The maximum Gasteiger partial charge on any atom is 0.244 e. The van der Waals surface area contributed by atoms with Gasteiger partial charge in [0.05, 0.1) is 7.11 Å². The fraction of sp³-hybridized carbons (Fsp3) is 0.600. The standard InChI is InChI=1S/C15H22BrNO3S/c1-4-11-5-7-13(10(11)2)17-21(18,19)15-9-12(16)6-8-14(15)20-3/h6,8-11,13,17H,4-5,7H2,1-3H3. The van der Waals surface area contributed by atoms with Crippen LogP contribution in [0.1, 0.15) is 33.1 Å². The first-order valence-electron chi connectivity index (χ1n) is 7.25. The van der Waals surface area contributed by atoms with E-state index < -0.39 is 10.0 Å². The molecule has 0 heterocycles. The molecular weight excluding hydrogens is 354 g/mol. The number of hydrogen-bond acceptors (Lipinski definition) is 3. The summed E-state index contributed by atoms with van der Waals surface area (Å²) in [5, 5.41) is 0. The average molecular weight is 376 g/mol. The van der Waals surface area contributed by atoms with Crippen molar-refractivity contribution < 1.29 is 13.2 Å². The van der Waals surface area contributed by atoms with E-state index in [2.05, 4.69) is 34.5 Å². The lowest BCUT2D eigenvalue weighted by Gasteiger charge is -2.21. The van der Waals surface area contributed by atoms with Crippen molar-refractivity contribution in [2.75, 3.05) is 7.11 Å². The zero-order valence-electron chi connectivity index (χ0n) is 12.6. The minimum atomic E-state index is -3.58. The average Bonchev–Trinajstić information content (AvgIpc) is 2.79. The van der Waals surface area contributed by atoms with Crippen LogP contribution in [0.3, 0.4) is 0 Å². The number of ether oxygens (including phenoxy) is 1. The van der Waals surface area contributed by atoms with Gasteiger partial charge in [-0.1, -0.05) is 36.2 Å². The summed E-state index contributed by atoms with van der Waals surface area (Å²) in [4.78, 5) is 0.187. The second-order valence-corrected chi connectivity index (χ2v) is 8.23. The molecule has 3 unspecified atom stereocenters. The number of nitrogens with one attached hydrogen (secondary N) is 1. The number of benzene rings is 1. The summed E-state index contributed by atoms with van der Waals surface area (Å²) < 4.78 is 34.1. The van der Waals surface area contributed by atoms with E-state index in [1.54, 1.807) is 18.2 Å². The Morgan fingerprint density at radius 2 is 2.10 bits per heavy atom. The first kappa shape index (κ1) is 16.8. The molecule has 0 spiro atoms. The van der Waals surface area contributed by atoms with Gasteiger partial charge in [-0.3, -0.25) is 0 Å². The van der Waals surface area contributed by atoms with Gasteiger partial charge < -0.3 is 4.74 Å². The van der Waals surface area contributed by atoms with Crippen molar-refractivity contribution in [1.82, 2.24) is 4.72 Å². The number of sulfonamides is 1. The Balaban J connectivity index is 2.25. The number of halogens is 1. The lowest BCUT2D eigenvalue weighted by Crippen LogP contribution is -2.37. The van der Waals surface area contributed by atoms with Crippen molar-refractivity contribution >= 4 is 26.0 Å². The summed E-state index contributed by atoms with van der Waals surface area (Å²) in [6, 6.07) is 5.01. The molecule has 6 heteroatoms. The topological polar surface area (TPSA) is 55.4 Å². The molecule has 1 aromatic carbocycles. The van der Waals surface area contributed by atoms with Crippen LogP contribution in [0, 0.1) is 11.8 Å². The van der Waals surface area contributed by atoms with Crippen LogP contribution in [0.2, 0.25) is 0 Å². The molecule has 1 aliphatic rings. The quantitative estimate of drug-likeness (QED) is 0.855. The van der Waals surface area contributed by atoms with Crippen LogP contribution in [-0.2, 0) is 10.0 Å². The van der Waals surface area contributed by atoms with Gasteiger partial charge in [-0.25, -0.2) is 13.1 Å². The molecule has 3 atom stereocenters. The van der Waals surface area contributed by atoms with Crippen molar-refractivity contribution in [3.63, 3.8) is 0 Å². The van der Waals surface area contributed by atoms with Crippen LogP contribution >= 0.6 is 15.9 Å². The van der Waals surface area contributed by atoms with E-state index in [1.165, 1.54) is 7.11 Å². The minimum Gasteiger partial charge on any atom is -0.495 e. The largest absolute Gasteiger partial charge is 0.495 e. The van der Waals surface area contributed by atoms with E-state index in [4.69, 9.17) is 4.74 Å². The third-order valence-corrected chi connectivity index (χ3v) is 6.48. The fourth-order valence-electron chi connectivity index (χ4n) is 3.11. The van der Waals surface area contributed by atoms with Gasteiger partial charge in [0.15, 0.2) is 0 Å². The molecule has 0 amide bonds. The van der Waals surface area contributed by atoms with Gasteiger partial charge in [-0.05, 0) is 42.9 Å². The number of methoxy groups -OCH3 is 1. The highest BCUT2D eigenvalue weighted by atomic mass is 79.9. The molecule has 0 radical (unpaired) electrons. The summed E-state index contributed by atoms with van der Waals surface area (Å²) in [6.45, 7) is 4.29. The molecule has 1 N–H and O–H groups in total. The summed E-state index contributed by atoms with van der Waals surface area (Å²) in [6.07, 6.45) is 3.08. The molecule has 0 bridgehead atoms. The lowest BCUT2D eigenvalue weighted by atomic mass is 9.94. The summed E-state index contributed by atoms with van der Waals surface area (Å²) in [5.41, 5.74) is 0. The van der Waals surface area contributed by atoms with E-state index in [-0.39, 0.29) is 10.9 Å². The minimum absolute atomic E-state index is 0.00337. The monoisotopic (exact) mass is 375 g/mol. The van der Waals surface area contributed by atoms with Crippen LogP contribution in [0.4, 0.5) is 0 Å². The smallest absolute Gasteiger partial charge is 0.244 e. The van der Waals surface area contributed by atoms with Gasteiger partial charge >= 0.3 is 0 Å². The Morgan fingerprint density at radius 1 is 1.38 bits per heavy atom. The Bertz CT molecular complexity index is 603. The first-order chi connectivity index (χ1) is 9.89. The highest BCUT2D eigenvalue weighted by Gasteiger charge is 2.35. The highest BCUT2D eigenvalue weighted by Crippen LogP contribution is 2.35. The Labute approximate surface area is 135 Å². The maximum atomic E-state index is 12.6. The van der Waals surface area contributed by atoms with Gasteiger partial charge in [0.2, 0.25) is 10.0 Å². The van der Waals surface area contributed by atoms with Gasteiger partial charge in [-0.15, -0.1) is 0 Å². The van der Waals surface area contributed by atoms with Gasteiger partial charge in [0.25, 0.3) is 0 Å². The second-order valence-electron chi connectivity index (χ2n) is 5.63. The van der Waals surface area contributed by atoms with Crippen molar-refractivity contribution in [3.05, 3.63) is 22.7 Å². The molecule has 1 aliphatic carbocycles. The SMILES string of the molecule is CCC1CCC(NS(=O)(=O)c2cc(Br)ccc2OC)C1C. The highest BCUT2D eigenvalue weighted by molar-refractivity contribution is 9.10. The summed E-state index contributed by atoms with van der Waals surface area (Å²) in [5.74, 6) is 1.33. The predicted molar refractivity (Wildman–Crippen MR) is 87.0 cm³/mol. The van der Waals surface area contributed by atoms with Crippen LogP contribution < -0.4 is 9.46 Å². The van der Waals surface area contributed by atoms with E-state index in [9.17, 15) is 8.42 Å². The van der Waals surface area contributed by atoms with Crippen molar-refractivity contribution in [3.8, 4) is 5.75 Å². The van der Waals surface area contributed by atoms with Gasteiger partial charge in [-0.2, -0.15) is 0 Å². The molecule has 21 heavy (non-hydrogen) atoms.